The molecule has 0 radical (unpaired) electrons. The number of aromatic amines is 1. The Morgan fingerprint density at radius 3 is 2.94 bits per heavy atom. The Kier molecular flexibility index (Phi) is 6.39. The minimum absolute atomic E-state index is 0.142. The van der Waals surface area contributed by atoms with Crippen LogP contribution in [0, 0.1) is 11.3 Å². The van der Waals surface area contributed by atoms with Gasteiger partial charge in [0.2, 0.25) is 0 Å². The number of fused-ring (bicyclic) bond motifs is 1. The monoisotopic (exact) mass is 507 g/mol. The molecule has 10 heteroatoms. The number of anilines is 1. The molecule has 2 aromatic carbocycles. The molecular formula is C22H14BrN5O3S. The zero-order chi connectivity index (χ0) is 22.5. The maximum absolute atomic E-state index is 12.5. The lowest BCUT2D eigenvalue weighted by Crippen LogP contribution is -2.20. The van der Waals surface area contributed by atoms with Gasteiger partial charge in [0, 0.05) is 21.6 Å². The van der Waals surface area contributed by atoms with E-state index < -0.39 is 0 Å². The number of allylic oxidation sites excluding steroid dienone is 1. The minimum Gasteiger partial charge on any atom is -0.483 e. The molecule has 158 valence electrons. The lowest BCUT2D eigenvalue weighted by atomic mass is 10.1. The highest BCUT2D eigenvalue weighted by Gasteiger charge is 2.12. The number of amides is 1. The van der Waals surface area contributed by atoms with Gasteiger partial charge in [0.15, 0.2) is 17.6 Å². The van der Waals surface area contributed by atoms with Crippen molar-refractivity contribution in [3.8, 4) is 11.8 Å². The van der Waals surface area contributed by atoms with E-state index in [1.165, 1.54) is 11.3 Å². The van der Waals surface area contributed by atoms with Gasteiger partial charge >= 0.3 is 0 Å². The van der Waals surface area contributed by atoms with Gasteiger partial charge in [-0.1, -0.05) is 34.1 Å². The van der Waals surface area contributed by atoms with Gasteiger partial charge in [-0.15, -0.1) is 11.3 Å². The van der Waals surface area contributed by atoms with E-state index in [1.807, 2.05) is 0 Å². The van der Waals surface area contributed by atoms with Gasteiger partial charge < -0.3 is 9.72 Å². The van der Waals surface area contributed by atoms with E-state index in [2.05, 4.69) is 42.3 Å². The highest BCUT2D eigenvalue weighted by Crippen LogP contribution is 2.24. The molecule has 4 rings (SSSR count). The number of hydrogen-bond acceptors (Lipinski definition) is 7. The van der Waals surface area contributed by atoms with E-state index >= 15 is 0 Å². The van der Waals surface area contributed by atoms with E-state index in [4.69, 9.17) is 4.74 Å². The van der Waals surface area contributed by atoms with Crippen LogP contribution in [0.3, 0.4) is 0 Å². The second kappa shape index (κ2) is 9.55. The van der Waals surface area contributed by atoms with Crippen LogP contribution in [0.2, 0.25) is 0 Å². The summed E-state index contributed by atoms with van der Waals surface area (Å²) in [6.07, 6.45) is 3.14. The maximum Gasteiger partial charge on any atom is 0.264 e. The lowest BCUT2D eigenvalue weighted by molar-refractivity contribution is -0.118. The number of H-pyrrole nitrogens is 1. The third-order valence-electron chi connectivity index (χ3n) is 4.30. The molecule has 0 bridgehead atoms. The summed E-state index contributed by atoms with van der Waals surface area (Å²) < 4.78 is 6.40. The molecule has 2 heterocycles. The van der Waals surface area contributed by atoms with Crippen LogP contribution in [0.4, 0.5) is 5.13 Å². The van der Waals surface area contributed by atoms with Crippen molar-refractivity contribution in [2.75, 3.05) is 11.9 Å². The predicted molar refractivity (Wildman–Crippen MR) is 126 cm³/mol. The number of rotatable bonds is 6. The number of aromatic nitrogens is 3. The van der Waals surface area contributed by atoms with Crippen molar-refractivity contribution in [2.45, 2.75) is 0 Å². The predicted octanol–water partition coefficient (Wildman–Crippen LogP) is 4.22. The van der Waals surface area contributed by atoms with Crippen LogP contribution in [-0.4, -0.2) is 27.5 Å². The van der Waals surface area contributed by atoms with Gasteiger partial charge in [0.25, 0.3) is 11.5 Å². The van der Waals surface area contributed by atoms with Gasteiger partial charge in [0.1, 0.15) is 11.8 Å². The molecule has 2 N–H and O–H groups in total. The summed E-state index contributed by atoms with van der Waals surface area (Å²) in [6, 6.07) is 14.2. The van der Waals surface area contributed by atoms with E-state index in [0.29, 0.717) is 27.3 Å². The van der Waals surface area contributed by atoms with Crippen molar-refractivity contribution in [2.24, 2.45) is 0 Å². The molecule has 1 amide bonds. The number of nitriles is 1. The number of ether oxygens (including phenoxy) is 1. The molecule has 0 unspecified atom stereocenters. The Morgan fingerprint density at radius 1 is 1.31 bits per heavy atom. The summed E-state index contributed by atoms with van der Waals surface area (Å²) in [4.78, 5) is 35.6. The van der Waals surface area contributed by atoms with E-state index in [9.17, 15) is 14.9 Å². The average molecular weight is 508 g/mol. The third-order valence-corrected chi connectivity index (χ3v) is 5.48. The molecule has 4 aromatic rings. The largest absolute Gasteiger partial charge is 0.483 e. The van der Waals surface area contributed by atoms with E-state index in [1.54, 1.807) is 60.1 Å². The molecule has 2 aromatic heterocycles. The molecule has 0 aliphatic heterocycles. The first-order valence-corrected chi connectivity index (χ1v) is 10.9. The first-order valence-electron chi connectivity index (χ1n) is 9.26. The van der Waals surface area contributed by atoms with Crippen LogP contribution in [-0.2, 0) is 4.79 Å². The number of carbonyl (C=O) groups excluding carboxylic acids is 1. The molecule has 0 aliphatic carbocycles. The summed E-state index contributed by atoms with van der Waals surface area (Å²) >= 11 is 4.64. The normalized spacial score (nSPS) is 11.2. The fraction of sp³-hybridized carbons (Fsp3) is 0.0455. The highest BCUT2D eigenvalue weighted by molar-refractivity contribution is 9.10. The number of thiazole rings is 1. The molecule has 0 saturated heterocycles. The van der Waals surface area contributed by atoms with Gasteiger partial charge in [-0.05, 0) is 30.3 Å². The number of nitrogens with zero attached hydrogens (tertiary/aromatic N) is 3. The van der Waals surface area contributed by atoms with Crippen molar-refractivity contribution >= 4 is 60.9 Å². The van der Waals surface area contributed by atoms with E-state index in [-0.39, 0.29) is 29.5 Å². The first kappa shape index (κ1) is 21.4. The lowest BCUT2D eigenvalue weighted by Gasteiger charge is -2.09. The molecule has 8 nitrogen and oxygen atoms in total. The molecule has 0 fully saturated rings. The second-order valence-corrected chi connectivity index (χ2v) is 8.27. The summed E-state index contributed by atoms with van der Waals surface area (Å²) in [5.74, 6) is 0.191. The molecule has 0 saturated carbocycles. The Labute approximate surface area is 194 Å². The van der Waals surface area contributed by atoms with Crippen molar-refractivity contribution in [1.29, 1.82) is 5.26 Å². The maximum atomic E-state index is 12.5. The van der Waals surface area contributed by atoms with E-state index in [0.717, 1.165) is 4.47 Å². The standard InChI is InChI=1S/C22H14BrN5O3S/c23-15-5-6-17-16(10-15)21(30)28-20(26-17)14(11-24)9-13-3-1-2-4-18(13)31-12-19(29)27-22-25-7-8-32-22/h1-10H,12H2,(H,25,27,29)(H,26,28,30)/b14-9+. The van der Waals surface area contributed by atoms with Crippen molar-refractivity contribution < 1.29 is 9.53 Å². The number of hydrogen-bond donors (Lipinski definition) is 2. The van der Waals surface area contributed by atoms with Gasteiger partial charge in [0.05, 0.1) is 16.5 Å². The highest BCUT2D eigenvalue weighted by atomic mass is 79.9. The van der Waals surface area contributed by atoms with Crippen LogP contribution in [0.15, 0.2) is 63.3 Å². The van der Waals surface area contributed by atoms with Crippen molar-refractivity contribution in [3.05, 3.63) is 80.3 Å². The first-order chi connectivity index (χ1) is 15.5. The number of carbonyl (C=O) groups is 1. The molecule has 32 heavy (non-hydrogen) atoms. The fourth-order valence-electron chi connectivity index (χ4n) is 2.86. The summed E-state index contributed by atoms with van der Waals surface area (Å²) in [7, 11) is 0. The number of halogens is 1. The molecule has 0 spiro atoms. The fourth-order valence-corrected chi connectivity index (χ4v) is 3.77. The van der Waals surface area contributed by atoms with Crippen LogP contribution in [0.1, 0.15) is 11.4 Å². The zero-order valence-electron chi connectivity index (χ0n) is 16.3. The summed E-state index contributed by atoms with van der Waals surface area (Å²) in [5.41, 5.74) is 0.826. The van der Waals surface area contributed by atoms with Gasteiger partial charge in [-0.2, -0.15) is 5.26 Å². The second-order valence-electron chi connectivity index (χ2n) is 6.46. The summed E-state index contributed by atoms with van der Waals surface area (Å²) in [6.45, 7) is -0.230. The number of nitrogens with one attached hydrogen (secondary N) is 2. The smallest absolute Gasteiger partial charge is 0.264 e. The van der Waals surface area contributed by atoms with Gasteiger partial charge in [-0.3, -0.25) is 14.9 Å². The van der Waals surface area contributed by atoms with Crippen LogP contribution >= 0.6 is 27.3 Å². The Balaban J connectivity index is 1.61. The van der Waals surface area contributed by atoms with Crippen molar-refractivity contribution in [3.63, 3.8) is 0 Å². The Bertz CT molecular complexity index is 1420. The molecule has 0 atom stereocenters. The van der Waals surface area contributed by atoms with Gasteiger partial charge in [-0.25, -0.2) is 9.97 Å². The zero-order valence-corrected chi connectivity index (χ0v) is 18.7. The quantitative estimate of drug-likeness (QED) is 0.376. The molecular weight excluding hydrogens is 494 g/mol. The topological polar surface area (TPSA) is 121 Å². The Hall–Kier alpha value is -3.81. The van der Waals surface area contributed by atoms with Crippen LogP contribution in [0.25, 0.3) is 22.6 Å². The SMILES string of the molecule is N#C/C(=C\c1ccccc1OCC(=O)Nc1nccs1)c1nc2ccc(Br)cc2c(=O)[nH]1. The third kappa shape index (κ3) is 4.91. The summed E-state index contributed by atoms with van der Waals surface area (Å²) in [5, 5.41) is 15.0. The minimum atomic E-state index is -0.356. The number of para-hydroxylation sites is 1. The van der Waals surface area contributed by atoms with Crippen LogP contribution < -0.4 is 15.6 Å². The number of benzene rings is 2. The van der Waals surface area contributed by atoms with Crippen molar-refractivity contribution in [1.82, 2.24) is 15.0 Å². The average Bonchev–Trinajstić information content (AvgIpc) is 3.30. The molecule has 0 aliphatic rings. The Morgan fingerprint density at radius 2 is 2.16 bits per heavy atom. The van der Waals surface area contributed by atoms with Crippen LogP contribution in [0.5, 0.6) is 5.75 Å².